The second kappa shape index (κ2) is 10.4. The number of carboxylic acid groups (broad SMARTS) is 1. The summed E-state index contributed by atoms with van der Waals surface area (Å²) in [6.07, 6.45) is -0.0692. The van der Waals surface area contributed by atoms with Gasteiger partial charge < -0.3 is 15.2 Å². The van der Waals surface area contributed by atoms with Crippen LogP contribution in [-0.4, -0.2) is 50.2 Å². The van der Waals surface area contributed by atoms with E-state index < -0.39 is 12.1 Å². The highest BCUT2D eigenvalue weighted by atomic mass is 35.5. The van der Waals surface area contributed by atoms with Gasteiger partial charge in [-0.15, -0.1) is 0 Å². The van der Waals surface area contributed by atoms with Crippen LogP contribution >= 0.6 is 11.6 Å². The second-order valence-corrected chi connectivity index (χ2v) is 6.03. The van der Waals surface area contributed by atoms with Gasteiger partial charge in [-0.3, -0.25) is 0 Å². The van der Waals surface area contributed by atoms with Crippen molar-refractivity contribution in [1.29, 1.82) is 0 Å². The van der Waals surface area contributed by atoms with Gasteiger partial charge in [0.05, 0.1) is 30.3 Å². The van der Waals surface area contributed by atoms with Crippen molar-refractivity contribution in [1.82, 2.24) is 19.7 Å². The number of alkyl halides is 3. The Bertz CT molecular complexity index is 967. The lowest BCUT2D eigenvalue weighted by atomic mass is 10.3. The van der Waals surface area contributed by atoms with Crippen molar-refractivity contribution >= 4 is 23.4 Å². The average molecular weight is 444 g/mol. The Morgan fingerprint density at radius 1 is 1.27 bits per heavy atom. The third-order valence-corrected chi connectivity index (χ3v) is 3.90. The van der Waals surface area contributed by atoms with Crippen LogP contribution in [0.3, 0.4) is 0 Å². The number of benzene rings is 1. The van der Waals surface area contributed by atoms with E-state index in [1.807, 2.05) is 43.5 Å². The van der Waals surface area contributed by atoms with E-state index in [1.54, 1.807) is 10.9 Å². The number of aromatic nitrogens is 4. The van der Waals surface area contributed by atoms with Gasteiger partial charge in [0.25, 0.3) is 0 Å². The number of nitrogens with zero attached hydrogens (tertiary/aromatic N) is 4. The first kappa shape index (κ1) is 22.9. The number of rotatable bonds is 6. The van der Waals surface area contributed by atoms with Gasteiger partial charge in [-0.05, 0) is 19.1 Å². The zero-order valence-electron chi connectivity index (χ0n) is 15.6. The molecule has 2 N–H and O–H groups in total. The second-order valence-electron chi connectivity index (χ2n) is 5.66. The molecule has 0 aliphatic heterocycles. The van der Waals surface area contributed by atoms with Crippen LogP contribution < -0.4 is 10.1 Å². The highest BCUT2D eigenvalue weighted by molar-refractivity contribution is 6.33. The fraction of sp³-hybridized carbons (Fsp3) is 0.222. The number of nitrogens with one attached hydrogen (secondary N) is 1. The number of carbonyl (C=O) groups is 1. The molecule has 8 nitrogen and oxygen atoms in total. The standard InChI is InChI=1S/C16H16ClN5O.C2HF3O2/c1-12-15(17)16(20-11-19-12)18-7-8-23-14-9-21-22(10-14)13-5-3-2-4-6-13;3-2(4,5)1(6)7/h2-6,9-11H,7-8H2,1H3,(H,18,19,20);(H,6,7). The molecule has 0 fully saturated rings. The van der Waals surface area contributed by atoms with Crippen LogP contribution in [0.1, 0.15) is 5.69 Å². The molecule has 0 atom stereocenters. The molecule has 0 amide bonds. The molecular weight excluding hydrogens is 427 g/mol. The smallest absolute Gasteiger partial charge is 0.488 e. The molecule has 1 aromatic carbocycles. The minimum atomic E-state index is -5.08. The number of halogens is 4. The van der Waals surface area contributed by atoms with Gasteiger partial charge in [-0.2, -0.15) is 18.3 Å². The number of aliphatic carboxylic acids is 1. The molecule has 160 valence electrons. The average Bonchev–Trinajstić information content (AvgIpc) is 3.18. The molecule has 2 heterocycles. The zero-order valence-corrected chi connectivity index (χ0v) is 16.4. The highest BCUT2D eigenvalue weighted by Crippen LogP contribution is 2.20. The molecule has 0 aliphatic carbocycles. The first-order valence-corrected chi connectivity index (χ1v) is 8.80. The number of aryl methyl sites for hydroxylation is 1. The SMILES string of the molecule is Cc1ncnc(NCCOc2cnn(-c3ccccc3)c2)c1Cl.O=C(O)C(F)(F)F. The fourth-order valence-corrected chi connectivity index (χ4v) is 2.19. The Morgan fingerprint density at radius 2 is 1.93 bits per heavy atom. The molecular formula is C18H17ClF3N5O3. The van der Waals surface area contributed by atoms with Crippen LogP contribution in [0.5, 0.6) is 5.75 Å². The predicted molar refractivity (Wildman–Crippen MR) is 103 cm³/mol. The van der Waals surface area contributed by atoms with Gasteiger partial charge in [-0.1, -0.05) is 29.8 Å². The normalized spacial score (nSPS) is 10.7. The summed E-state index contributed by atoms with van der Waals surface area (Å²) in [5.74, 6) is -1.43. The quantitative estimate of drug-likeness (QED) is 0.559. The summed E-state index contributed by atoms with van der Waals surface area (Å²) in [4.78, 5) is 17.0. The van der Waals surface area contributed by atoms with Gasteiger partial charge in [-0.25, -0.2) is 19.4 Å². The maximum atomic E-state index is 10.6. The van der Waals surface area contributed by atoms with Crippen LogP contribution in [0.25, 0.3) is 5.69 Å². The first-order valence-electron chi connectivity index (χ1n) is 8.42. The fourth-order valence-electron chi connectivity index (χ4n) is 2.02. The molecule has 30 heavy (non-hydrogen) atoms. The van der Waals surface area contributed by atoms with Gasteiger partial charge in [0, 0.05) is 0 Å². The summed E-state index contributed by atoms with van der Waals surface area (Å²) in [6.45, 7) is 2.89. The molecule has 12 heteroatoms. The number of hydrogen-bond donors (Lipinski definition) is 2. The number of para-hydroxylation sites is 1. The van der Waals surface area contributed by atoms with Crippen LogP contribution in [0.2, 0.25) is 5.02 Å². The molecule has 2 aromatic heterocycles. The van der Waals surface area contributed by atoms with Gasteiger partial charge in [0.2, 0.25) is 0 Å². The molecule has 0 bridgehead atoms. The molecule has 0 aliphatic rings. The lowest BCUT2D eigenvalue weighted by Crippen LogP contribution is -2.21. The largest absolute Gasteiger partial charge is 0.490 e. The van der Waals surface area contributed by atoms with Crippen LogP contribution in [-0.2, 0) is 4.79 Å². The van der Waals surface area contributed by atoms with E-state index >= 15 is 0 Å². The number of ether oxygens (including phenoxy) is 1. The monoisotopic (exact) mass is 443 g/mol. The van der Waals surface area contributed by atoms with E-state index in [4.69, 9.17) is 26.2 Å². The zero-order chi connectivity index (χ0) is 22.1. The summed E-state index contributed by atoms with van der Waals surface area (Å²) in [5, 5.41) is 15.1. The third-order valence-electron chi connectivity index (χ3n) is 3.45. The van der Waals surface area contributed by atoms with E-state index in [1.165, 1.54) is 6.33 Å². The third kappa shape index (κ3) is 6.92. The maximum Gasteiger partial charge on any atom is 0.490 e. The van der Waals surface area contributed by atoms with Crippen molar-refractivity contribution in [2.45, 2.75) is 13.1 Å². The molecule has 0 unspecified atom stereocenters. The first-order chi connectivity index (χ1) is 14.2. The van der Waals surface area contributed by atoms with Crippen LogP contribution in [0, 0.1) is 6.92 Å². The lowest BCUT2D eigenvalue weighted by molar-refractivity contribution is -0.192. The molecule has 3 aromatic rings. The van der Waals surface area contributed by atoms with E-state index in [0.717, 1.165) is 11.4 Å². The Hall–Kier alpha value is -3.34. The summed E-state index contributed by atoms with van der Waals surface area (Å²) in [7, 11) is 0. The van der Waals surface area contributed by atoms with Crippen molar-refractivity contribution < 1.29 is 27.8 Å². The van der Waals surface area contributed by atoms with Crippen molar-refractivity contribution in [3.8, 4) is 11.4 Å². The summed E-state index contributed by atoms with van der Waals surface area (Å²) in [5.41, 5.74) is 1.73. The Morgan fingerprint density at radius 3 is 2.57 bits per heavy atom. The summed E-state index contributed by atoms with van der Waals surface area (Å²) in [6, 6.07) is 9.87. The van der Waals surface area contributed by atoms with Crippen molar-refractivity contribution in [2.75, 3.05) is 18.5 Å². The number of anilines is 1. The van der Waals surface area contributed by atoms with E-state index in [0.29, 0.717) is 29.7 Å². The molecule has 0 radical (unpaired) electrons. The molecule has 0 spiro atoms. The van der Waals surface area contributed by atoms with Crippen molar-refractivity contribution in [2.24, 2.45) is 0 Å². The minimum Gasteiger partial charge on any atom is -0.488 e. The minimum absolute atomic E-state index is 0.472. The summed E-state index contributed by atoms with van der Waals surface area (Å²) < 4.78 is 39.2. The predicted octanol–water partition coefficient (Wildman–Crippen LogP) is 3.75. The van der Waals surface area contributed by atoms with E-state index in [-0.39, 0.29) is 0 Å². The van der Waals surface area contributed by atoms with Crippen molar-refractivity contribution in [3.05, 3.63) is 59.8 Å². The number of carboxylic acids is 1. The van der Waals surface area contributed by atoms with E-state index in [9.17, 15) is 13.2 Å². The Balaban J connectivity index is 0.000000396. The van der Waals surface area contributed by atoms with E-state index in [2.05, 4.69) is 20.4 Å². The number of hydrogen-bond acceptors (Lipinski definition) is 6. The van der Waals surface area contributed by atoms with Gasteiger partial charge in [0.15, 0.2) is 5.75 Å². The Kier molecular flexibility index (Phi) is 7.98. The summed E-state index contributed by atoms with van der Waals surface area (Å²) >= 11 is 6.12. The van der Waals surface area contributed by atoms with Gasteiger partial charge in [0.1, 0.15) is 23.8 Å². The molecule has 3 rings (SSSR count). The van der Waals surface area contributed by atoms with Crippen LogP contribution in [0.4, 0.5) is 19.0 Å². The Labute approximate surface area is 174 Å². The molecule has 0 saturated heterocycles. The molecule has 0 saturated carbocycles. The maximum absolute atomic E-state index is 10.6. The lowest BCUT2D eigenvalue weighted by Gasteiger charge is -2.08. The highest BCUT2D eigenvalue weighted by Gasteiger charge is 2.38. The van der Waals surface area contributed by atoms with Crippen LogP contribution in [0.15, 0.2) is 49.1 Å². The topological polar surface area (TPSA) is 102 Å². The van der Waals surface area contributed by atoms with Crippen molar-refractivity contribution in [3.63, 3.8) is 0 Å². The van der Waals surface area contributed by atoms with Gasteiger partial charge >= 0.3 is 12.1 Å².